The number of fused-ring (bicyclic) bond motifs is 1. The lowest BCUT2D eigenvalue weighted by molar-refractivity contribution is -0.118. The summed E-state index contributed by atoms with van der Waals surface area (Å²) in [5, 5.41) is 4.78. The van der Waals surface area contributed by atoms with E-state index in [1.807, 2.05) is 24.3 Å². The van der Waals surface area contributed by atoms with Gasteiger partial charge in [0.25, 0.3) is 5.91 Å². The molecule has 0 aliphatic carbocycles. The van der Waals surface area contributed by atoms with E-state index in [9.17, 15) is 4.79 Å². The Morgan fingerprint density at radius 2 is 1.87 bits per heavy atom. The van der Waals surface area contributed by atoms with Gasteiger partial charge in [-0.15, -0.1) is 0 Å². The summed E-state index contributed by atoms with van der Waals surface area (Å²) in [7, 11) is 1.60. The molecular formula is C18H16N2O3. The van der Waals surface area contributed by atoms with E-state index in [-0.39, 0.29) is 12.5 Å². The van der Waals surface area contributed by atoms with Gasteiger partial charge in [0.05, 0.1) is 7.11 Å². The molecule has 0 unspecified atom stereocenters. The van der Waals surface area contributed by atoms with Gasteiger partial charge in [0.15, 0.2) is 6.61 Å². The molecule has 1 heterocycles. The van der Waals surface area contributed by atoms with Gasteiger partial charge < -0.3 is 14.8 Å². The molecule has 0 fully saturated rings. The zero-order valence-electron chi connectivity index (χ0n) is 12.7. The molecule has 116 valence electrons. The zero-order chi connectivity index (χ0) is 16.1. The van der Waals surface area contributed by atoms with Gasteiger partial charge in [-0.1, -0.05) is 12.1 Å². The van der Waals surface area contributed by atoms with Crippen LogP contribution in [-0.2, 0) is 4.79 Å². The number of aromatic nitrogens is 1. The highest BCUT2D eigenvalue weighted by molar-refractivity contribution is 6.02. The van der Waals surface area contributed by atoms with Gasteiger partial charge in [0, 0.05) is 28.9 Å². The van der Waals surface area contributed by atoms with Crippen molar-refractivity contribution in [2.75, 3.05) is 19.0 Å². The van der Waals surface area contributed by atoms with Crippen molar-refractivity contribution < 1.29 is 14.3 Å². The first-order valence-electron chi connectivity index (χ1n) is 7.16. The Morgan fingerprint density at radius 1 is 1.09 bits per heavy atom. The normalized spacial score (nSPS) is 10.3. The fourth-order valence-electron chi connectivity index (χ4n) is 2.24. The van der Waals surface area contributed by atoms with Gasteiger partial charge in [-0.3, -0.25) is 9.78 Å². The number of carbonyl (C=O) groups is 1. The largest absolute Gasteiger partial charge is 0.497 e. The summed E-state index contributed by atoms with van der Waals surface area (Å²) in [5.74, 6) is 1.14. The number of pyridine rings is 1. The number of benzene rings is 2. The van der Waals surface area contributed by atoms with E-state index in [1.54, 1.807) is 43.8 Å². The molecule has 0 aliphatic heterocycles. The van der Waals surface area contributed by atoms with Crippen LogP contribution in [0.15, 0.2) is 60.9 Å². The molecule has 0 atom stereocenters. The smallest absolute Gasteiger partial charge is 0.262 e. The summed E-state index contributed by atoms with van der Waals surface area (Å²) in [4.78, 5) is 16.2. The van der Waals surface area contributed by atoms with Crippen LogP contribution in [0.25, 0.3) is 10.8 Å². The molecule has 1 amide bonds. The fraction of sp³-hybridized carbons (Fsp3) is 0.111. The van der Waals surface area contributed by atoms with Crippen LogP contribution in [0.5, 0.6) is 11.5 Å². The number of hydrogen-bond donors (Lipinski definition) is 1. The summed E-state index contributed by atoms with van der Waals surface area (Å²) in [6.07, 6.45) is 3.46. The Labute approximate surface area is 133 Å². The predicted octanol–water partition coefficient (Wildman–Crippen LogP) is 3.26. The van der Waals surface area contributed by atoms with E-state index in [1.165, 1.54) is 0 Å². The van der Waals surface area contributed by atoms with Crippen molar-refractivity contribution in [3.63, 3.8) is 0 Å². The summed E-state index contributed by atoms with van der Waals surface area (Å²) in [5.41, 5.74) is 0.744. The second-order valence-corrected chi connectivity index (χ2v) is 4.91. The van der Waals surface area contributed by atoms with Gasteiger partial charge in [0.2, 0.25) is 0 Å². The van der Waals surface area contributed by atoms with E-state index in [0.29, 0.717) is 5.75 Å². The number of hydrogen-bond acceptors (Lipinski definition) is 4. The Bertz CT molecular complexity index is 811. The number of nitrogens with one attached hydrogen (secondary N) is 1. The van der Waals surface area contributed by atoms with Crippen LogP contribution in [-0.4, -0.2) is 24.6 Å². The van der Waals surface area contributed by atoms with Crippen molar-refractivity contribution in [3.05, 3.63) is 60.9 Å². The van der Waals surface area contributed by atoms with E-state index in [0.717, 1.165) is 22.2 Å². The maximum atomic E-state index is 12.1. The monoisotopic (exact) mass is 308 g/mol. The van der Waals surface area contributed by atoms with Crippen molar-refractivity contribution in [1.82, 2.24) is 4.98 Å². The highest BCUT2D eigenvalue weighted by Gasteiger charge is 2.07. The minimum atomic E-state index is -0.217. The minimum absolute atomic E-state index is 0.0617. The third-order valence-electron chi connectivity index (χ3n) is 3.38. The molecule has 0 aliphatic rings. The second-order valence-electron chi connectivity index (χ2n) is 4.91. The van der Waals surface area contributed by atoms with Crippen molar-refractivity contribution in [2.24, 2.45) is 0 Å². The second kappa shape index (κ2) is 6.79. The van der Waals surface area contributed by atoms with Gasteiger partial charge in [-0.05, 0) is 36.4 Å². The number of ether oxygens (including phenoxy) is 2. The van der Waals surface area contributed by atoms with Gasteiger partial charge in [0.1, 0.15) is 11.5 Å². The molecular weight excluding hydrogens is 292 g/mol. The van der Waals surface area contributed by atoms with Crippen molar-refractivity contribution in [1.29, 1.82) is 0 Å². The lowest BCUT2D eigenvalue weighted by atomic mass is 10.1. The Hall–Kier alpha value is -3.08. The number of amides is 1. The van der Waals surface area contributed by atoms with Crippen LogP contribution in [0, 0.1) is 0 Å². The first-order valence-corrected chi connectivity index (χ1v) is 7.16. The van der Waals surface area contributed by atoms with Crippen LogP contribution in [0.4, 0.5) is 5.69 Å². The molecule has 23 heavy (non-hydrogen) atoms. The van der Waals surface area contributed by atoms with E-state index < -0.39 is 0 Å². The molecule has 0 spiro atoms. The lowest BCUT2D eigenvalue weighted by Crippen LogP contribution is -2.20. The van der Waals surface area contributed by atoms with E-state index in [2.05, 4.69) is 10.3 Å². The van der Waals surface area contributed by atoms with Crippen molar-refractivity contribution in [2.45, 2.75) is 0 Å². The quantitative estimate of drug-likeness (QED) is 0.786. The molecule has 1 aromatic heterocycles. The summed E-state index contributed by atoms with van der Waals surface area (Å²) in [6, 6.07) is 14.6. The highest BCUT2D eigenvalue weighted by Crippen LogP contribution is 2.22. The van der Waals surface area contributed by atoms with Crippen molar-refractivity contribution in [3.8, 4) is 11.5 Å². The third-order valence-corrected chi connectivity index (χ3v) is 3.38. The van der Waals surface area contributed by atoms with Gasteiger partial charge >= 0.3 is 0 Å². The molecule has 3 aromatic rings. The molecule has 0 saturated heterocycles. The summed E-state index contributed by atoms with van der Waals surface area (Å²) >= 11 is 0. The standard InChI is InChI=1S/C18H16N2O3/c1-22-14-5-7-15(8-6-14)23-12-18(21)20-17-4-2-3-13-11-19-10-9-16(13)17/h2-11H,12H2,1H3,(H,20,21). The Kier molecular flexibility index (Phi) is 4.38. The van der Waals surface area contributed by atoms with Gasteiger partial charge in [-0.25, -0.2) is 0 Å². The number of carbonyl (C=O) groups excluding carboxylic acids is 1. The number of rotatable bonds is 5. The minimum Gasteiger partial charge on any atom is -0.497 e. The topological polar surface area (TPSA) is 60.5 Å². The molecule has 5 nitrogen and oxygen atoms in total. The molecule has 3 rings (SSSR count). The molecule has 2 aromatic carbocycles. The summed E-state index contributed by atoms with van der Waals surface area (Å²) < 4.78 is 10.5. The number of methoxy groups -OCH3 is 1. The van der Waals surface area contributed by atoms with Crippen LogP contribution in [0.3, 0.4) is 0 Å². The Morgan fingerprint density at radius 3 is 2.65 bits per heavy atom. The van der Waals surface area contributed by atoms with E-state index >= 15 is 0 Å². The first kappa shape index (κ1) is 14.8. The zero-order valence-corrected chi connectivity index (χ0v) is 12.7. The van der Waals surface area contributed by atoms with E-state index in [4.69, 9.17) is 9.47 Å². The maximum absolute atomic E-state index is 12.1. The molecule has 0 saturated carbocycles. The maximum Gasteiger partial charge on any atom is 0.262 e. The number of nitrogens with zero attached hydrogens (tertiary/aromatic N) is 1. The average Bonchev–Trinajstić information content (AvgIpc) is 2.61. The SMILES string of the molecule is COc1ccc(OCC(=O)Nc2cccc3cnccc23)cc1. The van der Waals surface area contributed by atoms with Crippen LogP contribution in [0.2, 0.25) is 0 Å². The summed E-state index contributed by atoms with van der Waals surface area (Å²) in [6.45, 7) is -0.0617. The molecule has 5 heteroatoms. The first-order chi connectivity index (χ1) is 11.3. The van der Waals surface area contributed by atoms with Crippen molar-refractivity contribution >= 4 is 22.4 Å². The molecule has 0 bridgehead atoms. The van der Waals surface area contributed by atoms with Gasteiger partial charge in [-0.2, -0.15) is 0 Å². The van der Waals surface area contributed by atoms with Crippen LogP contribution >= 0.6 is 0 Å². The Balaban J connectivity index is 1.64. The fourth-order valence-corrected chi connectivity index (χ4v) is 2.24. The lowest BCUT2D eigenvalue weighted by Gasteiger charge is -2.10. The third kappa shape index (κ3) is 3.58. The predicted molar refractivity (Wildman–Crippen MR) is 88.9 cm³/mol. The number of anilines is 1. The van der Waals surface area contributed by atoms with Crippen LogP contribution in [0.1, 0.15) is 0 Å². The highest BCUT2D eigenvalue weighted by atomic mass is 16.5. The molecule has 0 radical (unpaired) electrons. The average molecular weight is 308 g/mol. The molecule has 1 N–H and O–H groups in total. The van der Waals surface area contributed by atoms with Crippen LogP contribution < -0.4 is 14.8 Å².